The first-order valence-corrected chi connectivity index (χ1v) is 16.9. The van der Waals surface area contributed by atoms with Crippen molar-refractivity contribution >= 4 is 22.5 Å². The van der Waals surface area contributed by atoms with Crippen LogP contribution < -0.4 is 5.73 Å². The van der Waals surface area contributed by atoms with Crippen molar-refractivity contribution in [1.82, 2.24) is 0 Å². The van der Waals surface area contributed by atoms with E-state index < -0.39 is 5.41 Å². The molecule has 0 amide bonds. The first kappa shape index (κ1) is 29.5. The van der Waals surface area contributed by atoms with Crippen LogP contribution >= 0.6 is 0 Å². The lowest BCUT2D eigenvalue weighted by Crippen LogP contribution is -2.23. The lowest BCUT2D eigenvalue weighted by atomic mass is 9.72. The highest BCUT2D eigenvalue weighted by molar-refractivity contribution is 6.06. The summed E-state index contributed by atoms with van der Waals surface area (Å²) in [7, 11) is 0. The van der Waals surface area contributed by atoms with E-state index in [4.69, 9.17) is 5.73 Å². The van der Waals surface area contributed by atoms with Crippen LogP contribution in [0.25, 0.3) is 39.1 Å². The molecule has 0 heterocycles. The van der Waals surface area contributed by atoms with E-state index in [1.54, 1.807) is 0 Å². The van der Waals surface area contributed by atoms with Gasteiger partial charge in [0.15, 0.2) is 0 Å². The van der Waals surface area contributed by atoms with E-state index >= 15 is 0 Å². The number of anilines is 1. The van der Waals surface area contributed by atoms with Gasteiger partial charge in [-0.25, -0.2) is 0 Å². The quantitative estimate of drug-likeness (QED) is 0.198. The van der Waals surface area contributed by atoms with Gasteiger partial charge in [0.2, 0.25) is 0 Å². The molecule has 2 N–H and O–H groups in total. The van der Waals surface area contributed by atoms with Crippen LogP contribution in [0.15, 0.2) is 115 Å². The summed E-state index contributed by atoms with van der Waals surface area (Å²) in [5.74, 6) is 0. The molecule has 8 rings (SSSR count). The maximum absolute atomic E-state index is 6.23. The molecule has 1 heteroatoms. The number of hydrogen-bond donors (Lipinski definition) is 1. The molecule has 0 saturated carbocycles. The van der Waals surface area contributed by atoms with Gasteiger partial charge in [-0.3, -0.25) is 0 Å². The molecular weight excluding hydrogens is 567 g/mol. The van der Waals surface area contributed by atoms with Gasteiger partial charge in [0.05, 0.1) is 0 Å². The number of fused-ring (bicyclic) bond motifs is 8. The maximum Gasteiger partial charge on any atom is 0.0357 e. The molecule has 0 radical (unpaired) electrons. The molecule has 47 heavy (non-hydrogen) atoms. The summed E-state index contributed by atoms with van der Waals surface area (Å²) in [5.41, 5.74) is 23.9. The Kier molecular flexibility index (Phi) is 6.32. The zero-order valence-corrected chi connectivity index (χ0v) is 28.6. The van der Waals surface area contributed by atoms with E-state index in [9.17, 15) is 0 Å². The fourth-order valence-electron chi connectivity index (χ4n) is 8.77. The average Bonchev–Trinajstić information content (AvgIpc) is 3.44. The number of rotatable bonds is 4. The molecule has 0 spiro atoms. The molecule has 0 fully saturated rings. The molecule has 0 saturated heterocycles. The van der Waals surface area contributed by atoms with E-state index in [1.165, 1.54) is 83.1 Å². The second-order valence-electron chi connectivity index (χ2n) is 15.1. The Morgan fingerprint density at radius 1 is 0.596 bits per heavy atom. The Bertz CT molecular complexity index is 2280. The molecule has 0 bridgehead atoms. The molecular formula is C46H43N. The molecule has 2 aliphatic carbocycles. The second kappa shape index (κ2) is 10.1. The molecule has 232 valence electrons. The fraction of sp³-hybridized carbons (Fsp3) is 0.217. The first-order valence-electron chi connectivity index (χ1n) is 16.9. The minimum absolute atomic E-state index is 0.0723. The van der Waals surface area contributed by atoms with Crippen molar-refractivity contribution in [3.63, 3.8) is 0 Å². The lowest BCUT2D eigenvalue weighted by molar-refractivity contribution is 0.652. The Morgan fingerprint density at radius 3 is 1.94 bits per heavy atom. The molecule has 0 aliphatic heterocycles. The number of aryl methyl sites for hydroxylation is 2. The van der Waals surface area contributed by atoms with Crippen LogP contribution in [0.3, 0.4) is 0 Å². The number of benzene rings is 6. The predicted octanol–water partition coefficient (Wildman–Crippen LogP) is 11.7. The van der Waals surface area contributed by atoms with Gasteiger partial charge in [0.1, 0.15) is 0 Å². The van der Waals surface area contributed by atoms with E-state index in [0.717, 1.165) is 5.69 Å². The standard InChI is InChI=1S/C46H43N/c1-28-16-22-36-38(26-28)29(2)33(43-42(36)37-13-9-11-15-40(37)45(43,5)6)24-25-46(7,30-17-20-32(47)21-18-30)31-19-23-35-34-12-8-10-14-39(34)44(3,4)41(35)27-31/h8-27H,47H2,1-7H3/b25-24-. The summed E-state index contributed by atoms with van der Waals surface area (Å²) < 4.78 is 0. The summed E-state index contributed by atoms with van der Waals surface area (Å²) in [6.07, 6.45) is 4.89. The summed E-state index contributed by atoms with van der Waals surface area (Å²) >= 11 is 0. The summed E-state index contributed by atoms with van der Waals surface area (Å²) in [6.45, 7) is 16.4. The number of nitrogens with two attached hydrogens (primary N) is 1. The third-order valence-electron chi connectivity index (χ3n) is 11.5. The van der Waals surface area contributed by atoms with Crippen LogP contribution in [0.2, 0.25) is 0 Å². The van der Waals surface area contributed by atoms with Gasteiger partial charge < -0.3 is 5.73 Å². The maximum atomic E-state index is 6.23. The molecule has 1 nitrogen and oxygen atoms in total. The molecule has 1 unspecified atom stereocenters. The molecule has 1 atom stereocenters. The van der Waals surface area contributed by atoms with Crippen LogP contribution in [0.4, 0.5) is 5.69 Å². The Morgan fingerprint density at radius 2 is 1.21 bits per heavy atom. The SMILES string of the molecule is Cc1ccc2c3c(c(/C=C\C(C)(c4ccc(N)cc4)c4ccc5c(c4)C(C)(C)c4ccccc4-5)c(C)c2c1)C(C)(C)c1ccccc1-3. The Balaban J connectivity index is 1.38. The van der Waals surface area contributed by atoms with E-state index in [-0.39, 0.29) is 10.8 Å². The van der Waals surface area contributed by atoms with Crippen molar-refractivity contribution in [2.75, 3.05) is 5.73 Å². The highest BCUT2D eigenvalue weighted by Crippen LogP contribution is 2.55. The largest absolute Gasteiger partial charge is 0.399 e. The highest BCUT2D eigenvalue weighted by atomic mass is 14.5. The average molecular weight is 610 g/mol. The van der Waals surface area contributed by atoms with Gasteiger partial charge in [0, 0.05) is 21.9 Å². The number of hydrogen-bond acceptors (Lipinski definition) is 1. The number of allylic oxidation sites excluding steroid dienone is 1. The van der Waals surface area contributed by atoms with Crippen molar-refractivity contribution in [3.05, 3.63) is 165 Å². The van der Waals surface area contributed by atoms with Crippen LogP contribution in [0.1, 0.15) is 84.7 Å². The summed E-state index contributed by atoms with van der Waals surface area (Å²) in [6, 6.07) is 40.5. The third-order valence-corrected chi connectivity index (χ3v) is 11.5. The van der Waals surface area contributed by atoms with Gasteiger partial charge in [-0.05, 0) is 110 Å². The van der Waals surface area contributed by atoms with Gasteiger partial charge >= 0.3 is 0 Å². The van der Waals surface area contributed by atoms with Crippen molar-refractivity contribution in [2.24, 2.45) is 0 Å². The van der Waals surface area contributed by atoms with Crippen LogP contribution in [0, 0.1) is 13.8 Å². The van der Waals surface area contributed by atoms with Crippen LogP contribution in [-0.4, -0.2) is 0 Å². The minimum atomic E-state index is -0.399. The van der Waals surface area contributed by atoms with E-state index in [2.05, 4.69) is 158 Å². The van der Waals surface area contributed by atoms with Crippen LogP contribution in [-0.2, 0) is 16.2 Å². The normalized spacial score (nSPS) is 16.5. The van der Waals surface area contributed by atoms with E-state index in [1.807, 2.05) is 12.1 Å². The number of nitrogen functional groups attached to an aromatic ring is 1. The highest BCUT2D eigenvalue weighted by Gasteiger charge is 2.40. The zero-order valence-electron chi connectivity index (χ0n) is 28.6. The van der Waals surface area contributed by atoms with E-state index in [0.29, 0.717) is 0 Å². The first-order chi connectivity index (χ1) is 22.4. The minimum Gasteiger partial charge on any atom is -0.399 e. The monoisotopic (exact) mass is 609 g/mol. The van der Waals surface area contributed by atoms with Gasteiger partial charge in [-0.2, -0.15) is 0 Å². The molecule has 6 aromatic carbocycles. The van der Waals surface area contributed by atoms with Crippen molar-refractivity contribution < 1.29 is 0 Å². The Labute approximate surface area is 279 Å². The van der Waals surface area contributed by atoms with Gasteiger partial charge in [-0.1, -0.05) is 142 Å². The zero-order chi connectivity index (χ0) is 32.9. The van der Waals surface area contributed by atoms with Gasteiger partial charge in [-0.15, -0.1) is 0 Å². The topological polar surface area (TPSA) is 26.0 Å². The third kappa shape index (κ3) is 4.15. The second-order valence-corrected chi connectivity index (χ2v) is 15.1. The summed E-state index contributed by atoms with van der Waals surface area (Å²) in [5, 5.41) is 2.68. The van der Waals surface area contributed by atoms with Crippen molar-refractivity contribution in [3.8, 4) is 22.3 Å². The molecule has 0 aromatic heterocycles. The van der Waals surface area contributed by atoms with Gasteiger partial charge in [0.25, 0.3) is 0 Å². The Hall–Kier alpha value is -4.88. The lowest BCUT2D eigenvalue weighted by Gasteiger charge is -2.31. The molecule has 6 aromatic rings. The predicted molar refractivity (Wildman–Crippen MR) is 201 cm³/mol. The molecule has 2 aliphatic rings. The smallest absolute Gasteiger partial charge is 0.0357 e. The van der Waals surface area contributed by atoms with Crippen LogP contribution in [0.5, 0.6) is 0 Å². The summed E-state index contributed by atoms with van der Waals surface area (Å²) in [4.78, 5) is 0. The van der Waals surface area contributed by atoms with Crippen molar-refractivity contribution in [2.45, 2.75) is 64.7 Å². The fourth-order valence-corrected chi connectivity index (χ4v) is 8.77. The van der Waals surface area contributed by atoms with Crippen molar-refractivity contribution in [1.29, 1.82) is 0 Å².